The molecule has 1 fully saturated rings. The molecule has 0 radical (unpaired) electrons. The van der Waals surface area contributed by atoms with Crippen LogP contribution in [0.15, 0.2) is 54.6 Å². The molecule has 0 saturated heterocycles. The van der Waals surface area contributed by atoms with Gasteiger partial charge in [-0.15, -0.1) is 0 Å². The largest absolute Gasteiger partial charge is 0.483 e. The Balaban J connectivity index is 1.70. The van der Waals surface area contributed by atoms with Gasteiger partial charge in [0.15, 0.2) is 6.61 Å². The van der Waals surface area contributed by atoms with Crippen molar-refractivity contribution in [2.45, 2.75) is 77.3 Å². The second-order valence-corrected chi connectivity index (χ2v) is 10.0. The van der Waals surface area contributed by atoms with Gasteiger partial charge in [0.25, 0.3) is 5.91 Å². The van der Waals surface area contributed by atoms with Crippen LogP contribution in [0.1, 0.15) is 64.5 Å². The summed E-state index contributed by atoms with van der Waals surface area (Å²) in [5.74, 6) is 0.450. The molecule has 0 aliphatic heterocycles. The van der Waals surface area contributed by atoms with Crippen LogP contribution in [-0.4, -0.2) is 41.9 Å². The zero-order valence-electron chi connectivity index (χ0n) is 20.5. The summed E-state index contributed by atoms with van der Waals surface area (Å²) >= 11 is 0. The first-order valence-electron chi connectivity index (χ1n) is 12.1. The number of nitrogens with one attached hydrogen (secondary N) is 1. The molecule has 2 aromatic rings. The summed E-state index contributed by atoms with van der Waals surface area (Å²) in [6.07, 6.45) is 5.02. The average Bonchev–Trinajstić information content (AvgIpc) is 3.31. The Morgan fingerprint density at radius 3 is 2.33 bits per heavy atom. The summed E-state index contributed by atoms with van der Waals surface area (Å²) < 4.78 is 6.00. The van der Waals surface area contributed by atoms with E-state index in [1.807, 2.05) is 61.5 Å². The SMILES string of the molecule is C[C@@H](C(=O)NC1CCCC1)N(CCc1ccccc1)C(=O)COc1ccccc1C(C)(C)C. The lowest BCUT2D eigenvalue weighted by atomic mass is 9.86. The van der Waals surface area contributed by atoms with Crippen molar-refractivity contribution < 1.29 is 14.3 Å². The normalized spacial score (nSPS) is 15.2. The monoisotopic (exact) mass is 450 g/mol. The maximum absolute atomic E-state index is 13.3. The molecular weight excluding hydrogens is 412 g/mol. The molecule has 2 aromatic carbocycles. The Hall–Kier alpha value is -2.82. The first-order chi connectivity index (χ1) is 15.8. The topological polar surface area (TPSA) is 58.6 Å². The molecule has 178 valence electrons. The van der Waals surface area contributed by atoms with Gasteiger partial charge < -0.3 is 15.0 Å². The first-order valence-corrected chi connectivity index (χ1v) is 12.1. The molecule has 5 nitrogen and oxygen atoms in total. The number of hydrogen-bond acceptors (Lipinski definition) is 3. The molecule has 0 heterocycles. The van der Waals surface area contributed by atoms with Gasteiger partial charge in [-0.25, -0.2) is 0 Å². The molecule has 5 heteroatoms. The second kappa shape index (κ2) is 11.4. The van der Waals surface area contributed by atoms with E-state index in [0.29, 0.717) is 18.7 Å². The molecule has 1 atom stereocenters. The minimum absolute atomic E-state index is 0.0848. The van der Waals surface area contributed by atoms with Crippen molar-refractivity contribution in [2.24, 2.45) is 0 Å². The highest BCUT2D eigenvalue weighted by Crippen LogP contribution is 2.31. The van der Waals surface area contributed by atoms with E-state index in [0.717, 1.165) is 36.8 Å². The Morgan fingerprint density at radius 2 is 1.67 bits per heavy atom. The summed E-state index contributed by atoms with van der Waals surface area (Å²) in [5.41, 5.74) is 2.10. The van der Waals surface area contributed by atoms with Crippen molar-refractivity contribution in [3.05, 3.63) is 65.7 Å². The molecule has 0 spiro atoms. The Morgan fingerprint density at radius 1 is 1.03 bits per heavy atom. The van der Waals surface area contributed by atoms with E-state index < -0.39 is 6.04 Å². The van der Waals surface area contributed by atoms with Gasteiger partial charge in [-0.1, -0.05) is 82.1 Å². The van der Waals surface area contributed by atoms with Gasteiger partial charge >= 0.3 is 0 Å². The number of hydrogen-bond donors (Lipinski definition) is 1. The molecule has 1 aliphatic rings. The molecule has 1 N–H and O–H groups in total. The van der Waals surface area contributed by atoms with Gasteiger partial charge in [0.2, 0.25) is 5.91 Å². The van der Waals surface area contributed by atoms with Gasteiger partial charge in [-0.3, -0.25) is 9.59 Å². The molecule has 3 rings (SSSR count). The van der Waals surface area contributed by atoms with Crippen molar-refractivity contribution in [3.8, 4) is 5.75 Å². The van der Waals surface area contributed by atoms with Gasteiger partial charge in [0, 0.05) is 12.6 Å². The lowest BCUT2D eigenvalue weighted by Gasteiger charge is -2.30. The van der Waals surface area contributed by atoms with E-state index >= 15 is 0 Å². The van der Waals surface area contributed by atoms with Crippen molar-refractivity contribution in [1.29, 1.82) is 0 Å². The predicted molar refractivity (Wildman–Crippen MR) is 132 cm³/mol. The third-order valence-corrected chi connectivity index (χ3v) is 6.40. The maximum Gasteiger partial charge on any atom is 0.261 e. The third kappa shape index (κ3) is 7.08. The van der Waals surface area contributed by atoms with Crippen molar-refractivity contribution >= 4 is 11.8 Å². The number of carbonyl (C=O) groups is 2. The minimum atomic E-state index is -0.553. The number of ether oxygens (including phenoxy) is 1. The highest BCUT2D eigenvalue weighted by molar-refractivity contribution is 5.88. The van der Waals surface area contributed by atoms with Crippen LogP contribution in [-0.2, 0) is 21.4 Å². The maximum atomic E-state index is 13.3. The van der Waals surface area contributed by atoms with Crippen LogP contribution >= 0.6 is 0 Å². The van der Waals surface area contributed by atoms with Crippen molar-refractivity contribution in [2.75, 3.05) is 13.2 Å². The standard InChI is InChI=1S/C28H38N2O3/c1-21(27(32)29-23-14-8-9-15-23)30(19-18-22-12-6-5-7-13-22)26(31)20-33-25-17-11-10-16-24(25)28(2,3)4/h5-7,10-13,16-17,21,23H,8-9,14-15,18-20H2,1-4H3,(H,29,32)/t21-/m0/s1. The third-order valence-electron chi connectivity index (χ3n) is 6.40. The van der Waals surface area contributed by atoms with Crippen LogP contribution in [0.3, 0.4) is 0 Å². The number of carbonyl (C=O) groups excluding carboxylic acids is 2. The molecule has 33 heavy (non-hydrogen) atoms. The molecule has 0 bridgehead atoms. The lowest BCUT2D eigenvalue weighted by Crippen LogP contribution is -2.51. The number of nitrogens with zero attached hydrogens (tertiary/aromatic N) is 1. The van der Waals surface area contributed by atoms with E-state index in [-0.39, 0.29) is 29.9 Å². The van der Waals surface area contributed by atoms with E-state index in [1.54, 1.807) is 4.90 Å². The minimum Gasteiger partial charge on any atom is -0.483 e. The zero-order chi connectivity index (χ0) is 23.8. The van der Waals surface area contributed by atoms with Gasteiger partial charge in [0.1, 0.15) is 11.8 Å². The fourth-order valence-corrected chi connectivity index (χ4v) is 4.40. The van der Waals surface area contributed by atoms with Crippen LogP contribution in [0.5, 0.6) is 5.75 Å². The molecule has 1 aliphatic carbocycles. The fraction of sp³-hybridized carbons (Fsp3) is 0.500. The lowest BCUT2D eigenvalue weighted by molar-refractivity contribution is -0.141. The summed E-state index contributed by atoms with van der Waals surface area (Å²) in [6, 6.07) is 17.5. The average molecular weight is 451 g/mol. The molecule has 2 amide bonds. The van der Waals surface area contributed by atoms with Crippen LogP contribution in [0.25, 0.3) is 0 Å². The Bertz CT molecular complexity index is 914. The number of benzene rings is 2. The molecule has 0 unspecified atom stereocenters. The van der Waals surface area contributed by atoms with E-state index in [1.165, 1.54) is 0 Å². The van der Waals surface area contributed by atoms with E-state index in [9.17, 15) is 9.59 Å². The fourth-order valence-electron chi connectivity index (χ4n) is 4.40. The Kier molecular flexibility index (Phi) is 8.54. The van der Waals surface area contributed by atoms with E-state index in [2.05, 4.69) is 26.1 Å². The molecule has 1 saturated carbocycles. The highest BCUT2D eigenvalue weighted by Gasteiger charge is 2.29. The quantitative estimate of drug-likeness (QED) is 0.592. The Labute approximate surface area is 198 Å². The van der Waals surface area contributed by atoms with Gasteiger partial charge in [-0.05, 0) is 48.8 Å². The van der Waals surface area contributed by atoms with Gasteiger partial charge in [0.05, 0.1) is 0 Å². The summed E-state index contributed by atoms with van der Waals surface area (Å²) in [6.45, 7) is 8.56. The zero-order valence-corrected chi connectivity index (χ0v) is 20.5. The molecule has 0 aromatic heterocycles. The van der Waals surface area contributed by atoms with E-state index in [4.69, 9.17) is 4.74 Å². The number of para-hydroxylation sites is 1. The summed E-state index contributed by atoms with van der Waals surface area (Å²) in [5, 5.41) is 3.14. The molecular formula is C28H38N2O3. The van der Waals surface area contributed by atoms with Gasteiger partial charge in [-0.2, -0.15) is 0 Å². The predicted octanol–water partition coefficient (Wildman–Crippen LogP) is 4.88. The van der Waals surface area contributed by atoms with Crippen LogP contribution in [0.4, 0.5) is 0 Å². The second-order valence-electron chi connectivity index (χ2n) is 10.0. The van der Waals surface area contributed by atoms with Crippen molar-refractivity contribution in [3.63, 3.8) is 0 Å². The van der Waals surface area contributed by atoms with Crippen LogP contribution < -0.4 is 10.1 Å². The van der Waals surface area contributed by atoms with Crippen molar-refractivity contribution in [1.82, 2.24) is 10.2 Å². The number of rotatable bonds is 9. The number of amides is 2. The smallest absolute Gasteiger partial charge is 0.261 e. The first kappa shape index (κ1) is 24.8. The highest BCUT2D eigenvalue weighted by atomic mass is 16.5. The summed E-state index contributed by atoms with van der Waals surface area (Å²) in [7, 11) is 0. The summed E-state index contributed by atoms with van der Waals surface area (Å²) in [4.78, 5) is 27.9. The van der Waals surface area contributed by atoms with Crippen LogP contribution in [0.2, 0.25) is 0 Å². The van der Waals surface area contributed by atoms with Crippen LogP contribution in [0, 0.1) is 0 Å².